The molecule has 2 aromatic carbocycles. The van der Waals surface area contributed by atoms with Gasteiger partial charge in [-0.1, -0.05) is 18.2 Å². The molecule has 9 nitrogen and oxygen atoms in total. The summed E-state index contributed by atoms with van der Waals surface area (Å²) in [4.78, 5) is 24.6. The van der Waals surface area contributed by atoms with Crippen molar-refractivity contribution in [2.45, 2.75) is 24.4 Å². The summed E-state index contributed by atoms with van der Waals surface area (Å²) in [6.45, 7) is 0.273. The minimum atomic E-state index is -3.83. The van der Waals surface area contributed by atoms with Crippen LogP contribution in [0.2, 0.25) is 0 Å². The number of hydrogen-bond acceptors (Lipinski definition) is 6. The molecule has 0 saturated carbocycles. The average molecular weight is 453 g/mol. The number of rotatable bonds is 6. The molecule has 0 saturated heterocycles. The van der Waals surface area contributed by atoms with Crippen LogP contribution in [0, 0.1) is 0 Å². The monoisotopic (exact) mass is 453 g/mol. The van der Waals surface area contributed by atoms with E-state index in [0.717, 1.165) is 10.1 Å². The lowest BCUT2D eigenvalue weighted by Gasteiger charge is -2.19. The van der Waals surface area contributed by atoms with Crippen LogP contribution in [0.25, 0.3) is 11.1 Å². The van der Waals surface area contributed by atoms with Crippen molar-refractivity contribution in [1.29, 1.82) is 0 Å². The van der Waals surface area contributed by atoms with Gasteiger partial charge in [0.05, 0.1) is 28.9 Å². The SMILES string of the molecule is O=C(Cn1c(=O)oc2cc(S(=O)(=O)N3CCc4ccccc43)ccc21)NCc1ccco1. The van der Waals surface area contributed by atoms with Gasteiger partial charge in [-0.05, 0) is 42.3 Å². The first-order chi connectivity index (χ1) is 15.4. The number of sulfonamides is 1. The molecule has 0 unspecified atom stereocenters. The Hall–Kier alpha value is -3.79. The maximum Gasteiger partial charge on any atom is 0.420 e. The van der Waals surface area contributed by atoms with E-state index in [1.54, 1.807) is 24.3 Å². The summed E-state index contributed by atoms with van der Waals surface area (Å²) in [6, 6.07) is 15.0. The van der Waals surface area contributed by atoms with Crippen molar-refractivity contribution < 1.29 is 22.0 Å². The van der Waals surface area contributed by atoms with E-state index in [-0.39, 0.29) is 23.6 Å². The molecular weight excluding hydrogens is 434 g/mol. The number of anilines is 1. The predicted octanol–water partition coefficient (Wildman–Crippen LogP) is 2.26. The van der Waals surface area contributed by atoms with E-state index in [0.29, 0.717) is 29.9 Å². The van der Waals surface area contributed by atoms with Crippen molar-refractivity contribution in [3.8, 4) is 0 Å². The Morgan fingerprint density at radius 1 is 1.09 bits per heavy atom. The van der Waals surface area contributed by atoms with Gasteiger partial charge in [0.2, 0.25) is 5.91 Å². The molecule has 1 aliphatic heterocycles. The second-order valence-electron chi connectivity index (χ2n) is 7.40. The van der Waals surface area contributed by atoms with Crippen LogP contribution in [0.4, 0.5) is 5.69 Å². The standard InChI is InChI=1S/C22H19N3O6S/c26-21(23-13-16-5-3-11-30-16)14-24-19-8-7-17(12-20(19)31-22(24)27)32(28,29)25-10-9-15-4-1-2-6-18(15)25/h1-8,11-12H,9-10,13-14H2,(H,23,26). The highest BCUT2D eigenvalue weighted by molar-refractivity contribution is 7.92. The fraction of sp³-hybridized carbons (Fsp3) is 0.182. The Labute approximate surface area is 182 Å². The van der Waals surface area contributed by atoms with Crippen molar-refractivity contribution in [2.75, 3.05) is 10.8 Å². The Balaban J connectivity index is 1.41. The van der Waals surface area contributed by atoms with E-state index in [9.17, 15) is 18.0 Å². The lowest BCUT2D eigenvalue weighted by atomic mass is 10.2. The van der Waals surface area contributed by atoms with Crippen LogP contribution in [0.15, 0.2) is 79.4 Å². The quantitative estimate of drug-likeness (QED) is 0.479. The number of hydrogen-bond donors (Lipinski definition) is 1. The Bertz CT molecular complexity index is 1470. The highest BCUT2D eigenvalue weighted by Gasteiger charge is 2.31. The maximum absolute atomic E-state index is 13.2. The zero-order chi connectivity index (χ0) is 22.3. The third-order valence-electron chi connectivity index (χ3n) is 5.41. The summed E-state index contributed by atoms with van der Waals surface area (Å²) in [6.07, 6.45) is 2.14. The molecule has 1 N–H and O–H groups in total. The fourth-order valence-electron chi connectivity index (χ4n) is 3.84. The lowest BCUT2D eigenvalue weighted by Crippen LogP contribution is -2.30. The summed E-state index contributed by atoms with van der Waals surface area (Å²) in [5.41, 5.74) is 2.06. The molecule has 1 amide bonds. The number of amides is 1. The fourth-order valence-corrected chi connectivity index (χ4v) is 5.36. The van der Waals surface area contributed by atoms with E-state index in [1.165, 1.54) is 28.8 Å². The number of furan rings is 1. The van der Waals surface area contributed by atoms with E-state index in [1.807, 2.05) is 12.1 Å². The van der Waals surface area contributed by atoms with Crippen LogP contribution in [0.1, 0.15) is 11.3 Å². The van der Waals surface area contributed by atoms with Crippen LogP contribution < -0.4 is 15.4 Å². The van der Waals surface area contributed by atoms with Crippen molar-refractivity contribution in [3.63, 3.8) is 0 Å². The number of aromatic nitrogens is 1. The molecule has 1 aliphatic rings. The van der Waals surface area contributed by atoms with Crippen molar-refractivity contribution in [1.82, 2.24) is 9.88 Å². The molecule has 2 aromatic heterocycles. The average Bonchev–Trinajstić information content (AvgIpc) is 3.51. The van der Waals surface area contributed by atoms with Gasteiger partial charge in [0.15, 0.2) is 5.58 Å². The molecule has 0 bridgehead atoms. The second kappa shape index (κ2) is 7.72. The number of carbonyl (C=O) groups is 1. The molecular formula is C22H19N3O6S. The highest BCUT2D eigenvalue weighted by atomic mass is 32.2. The molecule has 10 heteroatoms. The first-order valence-electron chi connectivity index (χ1n) is 9.96. The Morgan fingerprint density at radius 2 is 1.94 bits per heavy atom. The van der Waals surface area contributed by atoms with Gasteiger partial charge in [0, 0.05) is 12.6 Å². The van der Waals surface area contributed by atoms with Gasteiger partial charge in [0.25, 0.3) is 10.0 Å². The molecule has 0 radical (unpaired) electrons. The summed E-state index contributed by atoms with van der Waals surface area (Å²) < 4.78 is 39.4. The number of benzene rings is 2. The lowest BCUT2D eigenvalue weighted by molar-refractivity contribution is -0.121. The second-order valence-corrected chi connectivity index (χ2v) is 9.26. The van der Waals surface area contributed by atoms with Gasteiger partial charge in [-0.25, -0.2) is 13.2 Å². The van der Waals surface area contributed by atoms with Crippen LogP contribution in [0.3, 0.4) is 0 Å². The molecule has 5 rings (SSSR count). The molecule has 0 spiro atoms. The maximum atomic E-state index is 13.2. The van der Waals surface area contributed by atoms with Crippen LogP contribution in [-0.4, -0.2) is 25.4 Å². The summed E-state index contributed by atoms with van der Waals surface area (Å²) in [5.74, 6) is -0.563. The summed E-state index contributed by atoms with van der Waals surface area (Å²) in [7, 11) is -3.83. The molecule has 3 heterocycles. The van der Waals surface area contributed by atoms with Gasteiger partial charge in [-0.2, -0.15) is 0 Å². The number of carbonyl (C=O) groups excluding carboxylic acids is 1. The summed E-state index contributed by atoms with van der Waals surface area (Å²) >= 11 is 0. The van der Waals surface area contributed by atoms with E-state index in [4.69, 9.17) is 8.83 Å². The normalized spacial score (nSPS) is 13.4. The Morgan fingerprint density at radius 3 is 2.75 bits per heavy atom. The van der Waals surface area contributed by atoms with E-state index < -0.39 is 21.7 Å². The molecule has 4 aromatic rings. The molecule has 0 fully saturated rings. The smallest absolute Gasteiger partial charge is 0.420 e. The van der Waals surface area contributed by atoms with E-state index in [2.05, 4.69) is 5.32 Å². The minimum Gasteiger partial charge on any atom is -0.467 e. The van der Waals surface area contributed by atoms with Crippen LogP contribution in [-0.2, 0) is 34.3 Å². The van der Waals surface area contributed by atoms with Gasteiger partial charge in [0.1, 0.15) is 12.3 Å². The zero-order valence-electron chi connectivity index (χ0n) is 16.9. The topological polar surface area (TPSA) is 115 Å². The molecule has 164 valence electrons. The van der Waals surface area contributed by atoms with Crippen molar-refractivity contribution in [3.05, 3.63) is 82.7 Å². The number of fused-ring (bicyclic) bond motifs is 2. The third-order valence-corrected chi connectivity index (χ3v) is 7.22. The van der Waals surface area contributed by atoms with Crippen molar-refractivity contribution in [2.24, 2.45) is 0 Å². The Kier molecular flexibility index (Phi) is 4.86. The van der Waals surface area contributed by atoms with Gasteiger partial charge < -0.3 is 14.2 Å². The van der Waals surface area contributed by atoms with Gasteiger partial charge in [-0.3, -0.25) is 13.7 Å². The molecule has 32 heavy (non-hydrogen) atoms. The third kappa shape index (κ3) is 3.48. The minimum absolute atomic E-state index is 0.0184. The first kappa shape index (κ1) is 20.1. The molecule has 0 aliphatic carbocycles. The number of para-hydroxylation sites is 1. The van der Waals surface area contributed by atoms with E-state index >= 15 is 0 Å². The predicted molar refractivity (Wildman–Crippen MR) is 116 cm³/mol. The van der Waals surface area contributed by atoms with Crippen LogP contribution in [0.5, 0.6) is 0 Å². The highest BCUT2D eigenvalue weighted by Crippen LogP contribution is 2.33. The number of oxazole rings is 1. The van der Waals surface area contributed by atoms with Gasteiger partial charge >= 0.3 is 5.76 Å². The van der Waals surface area contributed by atoms with Crippen LogP contribution >= 0.6 is 0 Å². The molecule has 0 atom stereocenters. The first-order valence-corrected chi connectivity index (χ1v) is 11.4. The van der Waals surface area contributed by atoms with Gasteiger partial charge in [-0.15, -0.1) is 0 Å². The number of nitrogens with zero attached hydrogens (tertiary/aromatic N) is 2. The van der Waals surface area contributed by atoms with Crippen molar-refractivity contribution >= 4 is 32.7 Å². The number of nitrogens with one attached hydrogen (secondary N) is 1. The largest absolute Gasteiger partial charge is 0.467 e. The summed E-state index contributed by atoms with van der Waals surface area (Å²) in [5, 5.41) is 2.66. The zero-order valence-corrected chi connectivity index (χ0v) is 17.7.